The Morgan fingerprint density at radius 1 is 1.07 bits per heavy atom. The Labute approximate surface area is 178 Å². The first-order valence-electron chi connectivity index (χ1n) is 10.5. The van der Waals surface area contributed by atoms with Crippen molar-refractivity contribution >= 4 is 27.3 Å². The molecule has 1 aliphatic heterocycles. The van der Waals surface area contributed by atoms with Crippen LogP contribution in [-0.2, 0) is 13.0 Å². The van der Waals surface area contributed by atoms with Gasteiger partial charge in [0, 0.05) is 29.9 Å². The first-order valence-corrected chi connectivity index (χ1v) is 11.3. The second-order valence-corrected chi connectivity index (χ2v) is 9.40. The molecule has 0 aliphatic carbocycles. The third-order valence-electron chi connectivity index (χ3n) is 6.14. The van der Waals surface area contributed by atoms with E-state index in [-0.39, 0.29) is 5.91 Å². The van der Waals surface area contributed by atoms with Crippen LogP contribution in [0.4, 0.5) is 0 Å². The van der Waals surface area contributed by atoms with E-state index in [9.17, 15) is 4.79 Å². The van der Waals surface area contributed by atoms with Crippen molar-refractivity contribution in [3.63, 3.8) is 0 Å². The van der Waals surface area contributed by atoms with E-state index in [1.807, 2.05) is 16.2 Å². The SMILES string of the molecule is Cc1ccc2scc(CCN(C)CCCN3Cc4cc(C)c(C)cc4C3=O)c2c1. The second-order valence-electron chi connectivity index (χ2n) is 8.49. The minimum absolute atomic E-state index is 0.200. The lowest BCUT2D eigenvalue weighted by Gasteiger charge is -2.20. The van der Waals surface area contributed by atoms with Crippen LogP contribution in [-0.4, -0.2) is 42.4 Å². The smallest absolute Gasteiger partial charge is 0.254 e. The molecule has 1 aromatic heterocycles. The Morgan fingerprint density at radius 2 is 1.86 bits per heavy atom. The lowest BCUT2D eigenvalue weighted by Crippen LogP contribution is -2.29. The van der Waals surface area contributed by atoms with E-state index in [2.05, 4.69) is 68.4 Å². The zero-order valence-electron chi connectivity index (χ0n) is 17.9. The van der Waals surface area contributed by atoms with Crippen LogP contribution in [0.15, 0.2) is 35.7 Å². The van der Waals surface area contributed by atoms with Gasteiger partial charge in [0.05, 0.1) is 0 Å². The number of rotatable bonds is 7. The highest BCUT2D eigenvalue weighted by Crippen LogP contribution is 2.28. The molecule has 152 valence electrons. The van der Waals surface area contributed by atoms with Gasteiger partial charge in [0.15, 0.2) is 0 Å². The van der Waals surface area contributed by atoms with Crippen LogP contribution in [0.3, 0.4) is 0 Å². The van der Waals surface area contributed by atoms with Crippen LogP contribution in [0.5, 0.6) is 0 Å². The highest BCUT2D eigenvalue weighted by molar-refractivity contribution is 7.17. The maximum absolute atomic E-state index is 12.7. The van der Waals surface area contributed by atoms with Gasteiger partial charge in [0.1, 0.15) is 0 Å². The van der Waals surface area contributed by atoms with Gasteiger partial charge in [-0.05, 0) is 92.4 Å². The predicted octanol–water partition coefficient (Wildman–Crippen LogP) is 5.35. The molecule has 1 amide bonds. The molecule has 0 saturated carbocycles. The van der Waals surface area contributed by atoms with Crippen molar-refractivity contribution in [3.8, 4) is 0 Å². The first-order chi connectivity index (χ1) is 13.9. The number of nitrogens with zero attached hydrogens (tertiary/aromatic N) is 2. The summed E-state index contributed by atoms with van der Waals surface area (Å²) in [6.07, 6.45) is 2.09. The number of likely N-dealkylation sites (N-methyl/N-ethyl adjacent to an activating group) is 1. The Morgan fingerprint density at radius 3 is 2.69 bits per heavy atom. The summed E-state index contributed by atoms with van der Waals surface area (Å²) in [5, 5.41) is 3.72. The number of carbonyl (C=O) groups is 1. The molecule has 4 rings (SSSR count). The van der Waals surface area contributed by atoms with Crippen molar-refractivity contribution in [2.45, 2.75) is 40.2 Å². The zero-order chi connectivity index (χ0) is 20.5. The summed E-state index contributed by atoms with van der Waals surface area (Å²) in [5.74, 6) is 0.200. The molecule has 3 nitrogen and oxygen atoms in total. The van der Waals surface area contributed by atoms with Gasteiger partial charge in [-0.15, -0.1) is 11.3 Å². The van der Waals surface area contributed by atoms with Gasteiger partial charge in [-0.25, -0.2) is 0 Å². The van der Waals surface area contributed by atoms with E-state index < -0.39 is 0 Å². The van der Waals surface area contributed by atoms with Crippen molar-refractivity contribution in [2.24, 2.45) is 0 Å². The van der Waals surface area contributed by atoms with Crippen LogP contribution in [0.25, 0.3) is 10.1 Å². The Kier molecular flexibility index (Phi) is 5.75. The van der Waals surface area contributed by atoms with Gasteiger partial charge in [-0.3, -0.25) is 4.79 Å². The largest absolute Gasteiger partial charge is 0.334 e. The number of thiophene rings is 1. The fraction of sp³-hybridized carbons (Fsp3) is 0.400. The third-order valence-corrected chi connectivity index (χ3v) is 7.15. The summed E-state index contributed by atoms with van der Waals surface area (Å²) in [7, 11) is 2.19. The van der Waals surface area contributed by atoms with Gasteiger partial charge in [0.25, 0.3) is 5.91 Å². The van der Waals surface area contributed by atoms with E-state index in [1.54, 1.807) is 0 Å². The van der Waals surface area contributed by atoms with Crippen LogP contribution in [0.1, 0.15) is 44.6 Å². The molecule has 0 spiro atoms. The van der Waals surface area contributed by atoms with Gasteiger partial charge >= 0.3 is 0 Å². The van der Waals surface area contributed by atoms with Gasteiger partial charge in [0.2, 0.25) is 0 Å². The molecule has 0 fully saturated rings. The molecule has 0 atom stereocenters. The van der Waals surface area contributed by atoms with E-state index >= 15 is 0 Å². The second kappa shape index (κ2) is 8.29. The van der Waals surface area contributed by atoms with E-state index in [0.29, 0.717) is 0 Å². The number of hydrogen-bond acceptors (Lipinski definition) is 3. The molecule has 2 aromatic carbocycles. The van der Waals surface area contributed by atoms with Crippen molar-refractivity contribution in [2.75, 3.05) is 26.7 Å². The lowest BCUT2D eigenvalue weighted by atomic mass is 10.0. The van der Waals surface area contributed by atoms with Crippen LogP contribution in [0, 0.1) is 20.8 Å². The quantitative estimate of drug-likeness (QED) is 0.528. The highest BCUT2D eigenvalue weighted by atomic mass is 32.1. The maximum atomic E-state index is 12.7. The molecule has 0 N–H and O–H groups in total. The minimum Gasteiger partial charge on any atom is -0.334 e. The molecule has 0 unspecified atom stereocenters. The lowest BCUT2D eigenvalue weighted by molar-refractivity contribution is 0.0772. The standard InChI is InChI=1S/C25H30N2OS/c1-17-6-7-24-22(12-17)20(16-29-24)8-11-26(4)9-5-10-27-15-21-13-18(2)19(3)14-23(21)25(27)28/h6-7,12-14,16H,5,8-11,15H2,1-4H3. The zero-order valence-corrected chi connectivity index (χ0v) is 18.7. The number of hydrogen-bond donors (Lipinski definition) is 0. The van der Waals surface area contributed by atoms with Crippen molar-refractivity contribution in [1.82, 2.24) is 9.80 Å². The number of aryl methyl sites for hydroxylation is 3. The van der Waals surface area contributed by atoms with Gasteiger partial charge in [-0.2, -0.15) is 0 Å². The monoisotopic (exact) mass is 406 g/mol. The van der Waals surface area contributed by atoms with Crippen LogP contribution >= 0.6 is 11.3 Å². The fourth-order valence-electron chi connectivity index (χ4n) is 4.18. The Hall–Kier alpha value is -2.17. The average molecular weight is 407 g/mol. The minimum atomic E-state index is 0.200. The molecule has 3 aromatic rings. The molecular weight excluding hydrogens is 376 g/mol. The maximum Gasteiger partial charge on any atom is 0.254 e. The normalized spacial score (nSPS) is 13.7. The predicted molar refractivity (Wildman–Crippen MR) is 123 cm³/mol. The van der Waals surface area contributed by atoms with Crippen LogP contribution in [0.2, 0.25) is 0 Å². The molecule has 0 saturated heterocycles. The van der Waals surface area contributed by atoms with Crippen molar-refractivity contribution in [1.29, 1.82) is 0 Å². The summed E-state index contributed by atoms with van der Waals surface area (Å²) in [6.45, 7) is 10.0. The topological polar surface area (TPSA) is 23.6 Å². The van der Waals surface area contributed by atoms with Crippen molar-refractivity contribution < 1.29 is 4.79 Å². The van der Waals surface area contributed by atoms with Gasteiger partial charge < -0.3 is 9.80 Å². The first kappa shape index (κ1) is 20.1. The summed E-state index contributed by atoms with van der Waals surface area (Å²) in [5.41, 5.74) is 7.35. The summed E-state index contributed by atoms with van der Waals surface area (Å²) < 4.78 is 1.38. The number of fused-ring (bicyclic) bond motifs is 2. The molecule has 2 heterocycles. The number of amides is 1. The highest BCUT2D eigenvalue weighted by Gasteiger charge is 2.27. The fourth-order valence-corrected chi connectivity index (χ4v) is 5.16. The Bertz CT molecular complexity index is 1050. The van der Waals surface area contributed by atoms with Gasteiger partial charge in [-0.1, -0.05) is 23.8 Å². The molecular formula is C25H30N2OS. The number of carbonyl (C=O) groups excluding carboxylic acids is 1. The average Bonchev–Trinajstić information content (AvgIpc) is 3.22. The molecule has 4 heteroatoms. The van der Waals surface area contributed by atoms with E-state index in [0.717, 1.165) is 44.6 Å². The summed E-state index contributed by atoms with van der Waals surface area (Å²) >= 11 is 1.84. The third kappa shape index (κ3) is 4.24. The van der Waals surface area contributed by atoms with Crippen molar-refractivity contribution in [3.05, 3.63) is 69.1 Å². The van der Waals surface area contributed by atoms with E-state index in [4.69, 9.17) is 0 Å². The number of benzene rings is 2. The molecule has 1 aliphatic rings. The molecule has 0 bridgehead atoms. The summed E-state index contributed by atoms with van der Waals surface area (Å²) in [4.78, 5) is 17.1. The summed E-state index contributed by atoms with van der Waals surface area (Å²) in [6, 6.07) is 11.0. The molecule has 29 heavy (non-hydrogen) atoms. The van der Waals surface area contributed by atoms with E-state index in [1.165, 1.54) is 37.9 Å². The van der Waals surface area contributed by atoms with Crippen LogP contribution < -0.4 is 0 Å². The molecule has 0 radical (unpaired) electrons. The Balaban J connectivity index is 1.27.